The number of rotatable bonds is 4. The molecule has 1 amide bonds. The quantitative estimate of drug-likeness (QED) is 0.599. The molecule has 3 heterocycles. The Labute approximate surface area is 154 Å². The number of fused-ring (bicyclic) bond motifs is 1. The van der Waals surface area contributed by atoms with Crippen LogP contribution in [-0.2, 0) is 6.54 Å². The number of nitrogens with zero attached hydrogens (tertiary/aromatic N) is 2. The van der Waals surface area contributed by atoms with Gasteiger partial charge in [0.1, 0.15) is 23.7 Å². The normalized spacial score (nSPS) is 11.0. The van der Waals surface area contributed by atoms with Crippen LogP contribution in [0.15, 0.2) is 62.5 Å². The van der Waals surface area contributed by atoms with E-state index in [0.29, 0.717) is 29.1 Å². The highest BCUT2D eigenvalue weighted by molar-refractivity contribution is 6.02. The summed E-state index contributed by atoms with van der Waals surface area (Å²) < 4.78 is 12.6. The van der Waals surface area contributed by atoms with E-state index in [-0.39, 0.29) is 11.2 Å². The first-order valence-corrected chi connectivity index (χ1v) is 8.42. The van der Waals surface area contributed by atoms with E-state index < -0.39 is 5.91 Å². The van der Waals surface area contributed by atoms with E-state index in [2.05, 4.69) is 10.4 Å². The van der Waals surface area contributed by atoms with Crippen LogP contribution in [0.3, 0.4) is 0 Å². The van der Waals surface area contributed by atoms with Crippen LogP contribution in [-0.4, -0.2) is 15.7 Å². The number of carbonyl (C=O) groups excluding carboxylic acids is 1. The monoisotopic (exact) mass is 363 g/mol. The summed E-state index contributed by atoms with van der Waals surface area (Å²) in [5, 5.41) is 7.39. The number of hydrogen-bond donors (Lipinski definition) is 1. The second-order valence-electron chi connectivity index (χ2n) is 6.34. The molecule has 27 heavy (non-hydrogen) atoms. The number of amides is 1. The van der Waals surface area contributed by atoms with Gasteiger partial charge in [-0.2, -0.15) is 5.10 Å². The second-order valence-corrected chi connectivity index (χ2v) is 6.34. The molecule has 7 heteroatoms. The maximum atomic E-state index is 12.6. The van der Waals surface area contributed by atoms with Crippen LogP contribution >= 0.6 is 0 Å². The third-order valence-corrected chi connectivity index (χ3v) is 4.24. The molecule has 3 aromatic heterocycles. The zero-order chi connectivity index (χ0) is 19.0. The third-order valence-electron chi connectivity index (χ3n) is 4.24. The molecule has 0 spiro atoms. The predicted octanol–water partition coefficient (Wildman–Crippen LogP) is 3.50. The molecule has 0 saturated carbocycles. The Balaban J connectivity index is 1.64. The minimum atomic E-state index is -0.519. The first kappa shape index (κ1) is 16.8. The molecule has 7 nitrogen and oxygen atoms in total. The number of aryl methyl sites for hydroxylation is 2. The van der Waals surface area contributed by atoms with Crippen molar-refractivity contribution in [1.82, 2.24) is 9.78 Å². The van der Waals surface area contributed by atoms with Gasteiger partial charge >= 0.3 is 0 Å². The van der Waals surface area contributed by atoms with E-state index >= 15 is 0 Å². The fraction of sp³-hybridized carbons (Fsp3) is 0.150. The van der Waals surface area contributed by atoms with Gasteiger partial charge in [-0.25, -0.2) is 4.68 Å². The molecular formula is C20H17N3O4. The fourth-order valence-corrected chi connectivity index (χ4v) is 3.07. The lowest BCUT2D eigenvalue weighted by molar-refractivity contribution is 0.0996. The molecule has 1 aromatic carbocycles. The molecular weight excluding hydrogens is 346 g/mol. The lowest BCUT2D eigenvalue weighted by Crippen LogP contribution is -2.18. The summed E-state index contributed by atoms with van der Waals surface area (Å²) in [5.41, 5.74) is 1.93. The second kappa shape index (κ2) is 6.60. The van der Waals surface area contributed by atoms with Crippen molar-refractivity contribution in [3.05, 3.63) is 81.7 Å². The van der Waals surface area contributed by atoms with Gasteiger partial charge in [0.2, 0.25) is 0 Å². The standard InChI is InChI=1S/C20H17N3O4/c1-12-8-13(2)19-15(24)10-17(27-16(19)9-12)20(25)22-18-5-6-21-23(18)11-14-4-3-7-26-14/h3-10H,11H2,1-2H3,(H,22,25). The average molecular weight is 363 g/mol. The van der Waals surface area contributed by atoms with Crippen LogP contribution in [0.25, 0.3) is 11.0 Å². The Morgan fingerprint density at radius 2 is 2.07 bits per heavy atom. The molecule has 4 rings (SSSR count). The number of carbonyl (C=O) groups is 1. The fourth-order valence-electron chi connectivity index (χ4n) is 3.07. The molecule has 0 aliphatic carbocycles. The molecule has 4 aromatic rings. The molecule has 0 bridgehead atoms. The van der Waals surface area contributed by atoms with Crippen LogP contribution in [0.5, 0.6) is 0 Å². The molecule has 0 aliphatic heterocycles. The number of anilines is 1. The van der Waals surface area contributed by atoms with E-state index in [0.717, 1.165) is 11.1 Å². The average Bonchev–Trinajstić information content (AvgIpc) is 3.26. The highest BCUT2D eigenvalue weighted by atomic mass is 16.3. The molecule has 0 unspecified atom stereocenters. The molecule has 0 aliphatic rings. The van der Waals surface area contributed by atoms with Gasteiger partial charge < -0.3 is 14.2 Å². The number of aromatic nitrogens is 2. The topological polar surface area (TPSA) is 90.3 Å². The van der Waals surface area contributed by atoms with E-state index in [4.69, 9.17) is 8.83 Å². The van der Waals surface area contributed by atoms with Crippen molar-refractivity contribution < 1.29 is 13.6 Å². The zero-order valence-electron chi connectivity index (χ0n) is 14.9. The van der Waals surface area contributed by atoms with Gasteiger partial charge in [0, 0.05) is 12.1 Å². The summed E-state index contributed by atoms with van der Waals surface area (Å²) in [4.78, 5) is 25.1. The van der Waals surface area contributed by atoms with Crippen LogP contribution in [0.4, 0.5) is 5.82 Å². The molecule has 136 valence electrons. The van der Waals surface area contributed by atoms with E-state index in [1.54, 1.807) is 35.3 Å². The number of nitrogens with one attached hydrogen (secondary N) is 1. The molecule has 0 radical (unpaired) electrons. The third kappa shape index (κ3) is 3.27. The van der Waals surface area contributed by atoms with Crippen molar-refractivity contribution in [1.29, 1.82) is 0 Å². The van der Waals surface area contributed by atoms with Crippen LogP contribution in [0.2, 0.25) is 0 Å². The number of hydrogen-bond acceptors (Lipinski definition) is 5. The summed E-state index contributed by atoms with van der Waals surface area (Å²) in [5.74, 6) is 0.606. The first-order chi connectivity index (χ1) is 13.0. The van der Waals surface area contributed by atoms with E-state index in [9.17, 15) is 9.59 Å². The SMILES string of the molecule is Cc1cc(C)c2c(=O)cc(C(=O)Nc3ccnn3Cc3ccco3)oc2c1. The predicted molar refractivity (Wildman–Crippen MR) is 99.9 cm³/mol. The van der Waals surface area contributed by atoms with Gasteiger partial charge in [-0.15, -0.1) is 0 Å². The number of furan rings is 1. The largest absolute Gasteiger partial charge is 0.467 e. The van der Waals surface area contributed by atoms with Crippen molar-refractivity contribution in [3.8, 4) is 0 Å². The first-order valence-electron chi connectivity index (χ1n) is 8.42. The van der Waals surface area contributed by atoms with E-state index in [1.165, 1.54) is 6.07 Å². The minimum absolute atomic E-state index is 0.0525. The van der Waals surface area contributed by atoms with Crippen molar-refractivity contribution in [2.45, 2.75) is 20.4 Å². The smallest absolute Gasteiger partial charge is 0.292 e. The van der Waals surface area contributed by atoms with Gasteiger partial charge in [0.05, 0.1) is 17.8 Å². The van der Waals surface area contributed by atoms with Crippen LogP contribution < -0.4 is 10.7 Å². The maximum absolute atomic E-state index is 12.6. The van der Waals surface area contributed by atoms with E-state index in [1.807, 2.05) is 26.0 Å². The highest BCUT2D eigenvalue weighted by Crippen LogP contribution is 2.19. The summed E-state index contributed by atoms with van der Waals surface area (Å²) in [6.45, 7) is 4.13. The summed E-state index contributed by atoms with van der Waals surface area (Å²) in [6.07, 6.45) is 3.15. The van der Waals surface area contributed by atoms with Crippen LogP contribution in [0, 0.1) is 13.8 Å². The van der Waals surface area contributed by atoms with Gasteiger partial charge in [-0.1, -0.05) is 6.07 Å². The Hall–Kier alpha value is -3.61. The van der Waals surface area contributed by atoms with Crippen molar-refractivity contribution in [2.24, 2.45) is 0 Å². The van der Waals surface area contributed by atoms with Gasteiger partial charge in [0.15, 0.2) is 11.2 Å². The molecule has 0 atom stereocenters. The Kier molecular flexibility index (Phi) is 4.12. The Morgan fingerprint density at radius 1 is 1.22 bits per heavy atom. The van der Waals surface area contributed by atoms with Crippen molar-refractivity contribution in [3.63, 3.8) is 0 Å². The molecule has 1 N–H and O–H groups in total. The Bertz CT molecular complexity index is 1190. The molecule has 0 saturated heterocycles. The maximum Gasteiger partial charge on any atom is 0.292 e. The lowest BCUT2D eigenvalue weighted by atomic mass is 10.1. The van der Waals surface area contributed by atoms with Gasteiger partial charge in [-0.3, -0.25) is 9.59 Å². The number of benzene rings is 1. The lowest BCUT2D eigenvalue weighted by Gasteiger charge is -2.09. The molecule has 0 fully saturated rings. The highest BCUT2D eigenvalue weighted by Gasteiger charge is 2.16. The Morgan fingerprint density at radius 3 is 2.85 bits per heavy atom. The van der Waals surface area contributed by atoms with Crippen molar-refractivity contribution in [2.75, 3.05) is 5.32 Å². The minimum Gasteiger partial charge on any atom is -0.467 e. The van der Waals surface area contributed by atoms with Crippen molar-refractivity contribution >= 4 is 22.7 Å². The summed E-state index contributed by atoms with van der Waals surface area (Å²) >= 11 is 0. The van der Waals surface area contributed by atoms with Gasteiger partial charge in [-0.05, 0) is 43.2 Å². The van der Waals surface area contributed by atoms with Crippen LogP contribution in [0.1, 0.15) is 27.4 Å². The zero-order valence-corrected chi connectivity index (χ0v) is 14.9. The van der Waals surface area contributed by atoms with Gasteiger partial charge in [0.25, 0.3) is 5.91 Å². The summed E-state index contributed by atoms with van der Waals surface area (Å²) in [7, 11) is 0. The summed E-state index contributed by atoms with van der Waals surface area (Å²) in [6, 6.07) is 10.1.